The van der Waals surface area contributed by atoms with E-state index in [0.29, 0.717) is 49.4 Å². The van der Waals surface area contributed by atoms with Crippen molar-refractivity contribution in [1.29, 1.82) is 0 Å². The molecule has 2 rings (SSSR count). The van der Waals surface area contributed by atoms with Crippen LogP contribution in [0.3, 0.4) is 0 Å². The van der Waals surface area contributed by atoms with Crippen molar-refractivity contribution in [2.24, 2.45) is 0 Å². The molecule has 0 aliphatic carbocycles. The SMILES string of the molecule is COCCOc1ccc([CH](SSCl)[Ni][CH](SSCl)c2ccc(OCCOC)c(OC)c2)cc1OC. The van der Waals surface area contributed by atoms with Gasteiger partial charge in [-0.3, -0.25) is 0 Å². The van der Waals surface area contributed by atoms with E-state index >= 15 is 0 Å². The molecule has 0 N–H and O–H groups in total. The predicted molar refractivity (Wildman–Crippen MR) is 148 cm³/mol. The zero-order chi connectivity index (χ0) is 25.5. The average molecular weight is 646 g/mol. The second kappa shape index (κ2) is 18.3. The van der Waals surface area contributed by atoms with Gasteiger partial charge < -0.3 is 0 Å². The van der Waals surface area contributed by atoms with Crippen LogP contribution in [-0.2, 0) is 23.9 Å². The molecule has 0 aliphatic heterocycles. The molecule has 0 aromatic heterocycles. The molecule has 2 aromatic rings. The van der Waals surface area contributed by atoms with Gasteiger partial charge in [0.15, 0.2) is 0 Å². The molecule has 13 heteroatoms. The second-order valence-electron chi connectivity index (χ2n) is 6.49. The molecule has 0 radical (unpaired) electrons. The van der Waals surface area contributed by atoms with Crippen LogP contribution in [0.1, 0.15) is 19.6 Å². The molecular formula is C22H28Cl2NiO6S4. The summed E-state index contributed by atoms with van der Waals surface area (Å²) in [4.78, 5) is 0. The minimum absolute atomic E-state index is 0.0110. The summed E-state index contributed by atoms with van der Waals surface area (Å²) in [5, 5.41) is 0. The van der Waals surface area contributed by atoms with E-state index in [1.165, 1.54) is 34.5 Å². The number of hydrogen-bond acceptors (Lipinski definition) is 10. The predicted octanol–water partition coefficient (Wildman–Crippen LogP) is 7.60. The Morgan fingerprint density at radius 3 is 1.43 bits per heavy atom. The number of ether oxygens (including phenoxy) is 6. The Morgan fingerprint density at radius 2 is 1.09 bits per heavy atom. The summed E-state index contributed by atoms with van der Waals surface area (Å²) in [7, 11) is 24.2. The molecule has 0 saturated heterocycles. The van der Waals surface area contributed by atoms with Crippen molar-refractivity contribution in [3.8, 4) is 23.0 Å². The molecule has 0 spiro atoms. The summed E-state index contributed by atoms with van der Waals surface area (Å²) in [6.07, 6.45) is 0. The van der Waals surface area contributed by atoms with Crippen LogP contribution in [0.2, 0.25) is 0 Å². The monoisotopic (exact) mass is 644 g/mol. The Balaban J connectivity index is 2.26. The van der Waals surface area contributed by atoms with Crippen LogP contribution in [0.4, 0.5) is 0 Å². The minimum atomic E-state index is 0.0110. The van der Waals surface area contributed by atoms with Gasteiger partial charge in [-0.2, -0.15) is 0 Å². The molecule has 0 amide bonds. The number of halogens is 2. The normalized spacial score (nSPS) is 12.9. The van der Waals surface area contributed by atoms with E-state index in [-0.39, 0.29) is 8.44 Å². The third-order valence-corrected chi connectivity index (χ3v) is 11.7. The zero-order valence-electron chi connectivity index (χ0n) is 19.6. The molecule has 0 saturated carbocycles. The molecule has 2 unspecified atom stereocenters. The number of benzene rings is 2. The van der Waals surface area contributed by atoms with Gasteiger partial charge in [-0.15, -0.1) is 0 Å². The van der Waals surface area contributed by atoms with Gasteiger partial charge in [0, 0.05) is 0 Å². The van der Waals surface area contributed by atoms with E-state index < -0.39 is 0 Å². The first-order chi connectivity index (χ1) is 17.1. The number of hydrogen-bond donors (Lipinski definition) is 0. The van der Waals surface area contributed by atoms with Gasteiger partial charge in [0.05, 0.1) is 0 Å². The number of methoxy groups -OCH3 is 4. The fraction of sp³-hybridized carbons (Fsp3) is 0.455. The zero-order valence-corrected chi connectivity index (χ0v) is 25.4. The van der Waals surface area contributed by atoms with E-state index in [1.807, 2.05) is 36.4 Å². The van der Waals surface area contributed by atoms with Gasteiger partial charge in [0.1, 0.15) is 0 Å². The van der Waals surface area contributed by atoms with E-state index in [9.17, 15) is 0 Å². The molecule has 0 bridgehead atoms. The molecule has 0 heterocycles. The molecular weight excluding hydrogens is 618 g/mol. The first kappa shape index (κ1) is 31.3. The van der Waals surface area contributed by atoms with Gasteiger partial charge in [-0.1, -0.05) is 0 Å². The Morgan fingerprint density at radius 1 is 0.657 bits per heavy atom. The van der Waals surface area contributed by atoms with Crippen molar-refractivity contribution in [1.82, 2.24) is 0 Å². The molecule has 0 aliphatic rings. The molecule has 200 valence electrons. The first-order valence-electron chi connectivity index (χ1n) is 10.1. The van der Waals surface area contributed by atoms with Crippen molar-refractivity contribution in [2.45, 2.75) is 8.44 Å². The Bertz CT molecular complexity index is 816. The van der Waals surface area contributed by atoms with E-state index in [1.54, 1.807) is 50.0 Å². The third kappa shape index (κ3) is 10.4. The average Bonchev–Trinajstić information content (AvgIpc) is 2.88. The summed E-state index contributed by atoms with van der Waals surface area (Å²) in [6, 6.07) is 11.8. The van der Waals surface area contributed by atoms with E-state index in [4.69, 9.17) is 49.8 Å². The van der Waals surface area contributed by atoms with Crippen LogP contribution in [0.15, 0.2) is 36.4 Å². The van der Waals surface area contributed by atoms with Crippen molar-refractivity contribution in [3.63, 3.8) is 0 Å². The van der Waals surface area contributed by atoms with E-state index in [2.05, 4.69) is 0 Å². The van der Waals surface area contributed by atoms with Crippen LogP contribution in [0.5, 0.6) is 23.0 Å². The summed E-state index contributed by atoms with van der Waals surface area (Å²) in [5.41, 5.74) is 2.10. The fourth-order valence-corrected chi connectivity index (χ4v) is 10.6. The fourth-order valence-electron chi connectivity index (χ4n) is 2.75. The summed E-state index contributed by atoms with van der Waals surface area (Å²) in [6.45, 7) is 1.88. The Labute approximate surface area is 238 Å². The maximum absolute atomic E-state index is 6.09. The van der Waals surface area contributed by atoms with Crippen molar-refractivity contribution < 1.29 is 42.9 Å². The summed E-state index contributed by atoms with van der Waals surface area (Å²) < 4.78 is 32.8. The van der Waals surface area contributed by atoms with Crippen LogP contribution in [-0.4, -0.2) is 54.9 Å². The van der Waals surface area contributed by atoms with Crippen molar-refractivity contribution in [2.75, 3.05) is 54.9 Å². The van der Waals surface area contributed by atoms with Gasteiger partial charge in [-0.05, 0) is 0 Å². The first-order valence-corrected chi connectivity index (χ1v) is 17.4. The molecule has 0 fully saturated rings. The van der Waals surface area contributed by atoms with Gasteiger partial charge in [0.2, 0.25) is 0 Å². The Kier molecular flexibility index (Phi) is 16.4. The quantitative estimate of drug-likeness (QED) is 0.0920. The van der Waals surface area contributed by atoms with E-state index in [0.717, 1.165) is 11.1 Å². The second-order valence-corrected chi connectivity index (χ2v) is 14.4. The molecule has 35 heavy (non-hydrogen) atoms. The van der Waals surface area contributed by atoms with Crippen molar-refractivity contribution >= 4 is 63.0 Å². The molecule has 2 aromatic carbocycles. The topological polar surface area (TPSA) is 55.4 Å². The van der Waals surface area contributed by atoms with Gasteiger partial charge in [0.25, 0.3) is 0 Å². The third-order valence-electron chi connectivity index (χ3n) is 4.37. The summed E-state index contributed by atoms with van der Waals surface area (Å²) in [5.74, 6) is 2.64. The molecule has 2 atom stereocenters. The standard InChI is InChI=1S/2C11H14ClO3S2.Ni/c2*1-13-5-6-15-10-4-3-9(8-16-17-12)7-11(10)14-2;/h2*3-4,7-8H,5-6H2,1-2H3;. The van der Waals surface area contributed by atoms with Crippen LogP contribution in [0.25, 0.3) is 0 Å². The Hall–Kier alpha value is 0.0335. The van der Waals surface area contributed by atoms with Crippen LogP contribution >= 0.6 is 63.0 Å². The van der Waals surface area contributed by atoms with Crippen LogP contribution < -0.4 is 18.9 Å². The maximum atomic E-state index is 6.09. The van der Waals surface area contributed by atoms with Gasteiger partial charge in [-0.25, -0.2) is 0 Å². The number of rotatable bonds is 18. The van der Waals surface area contributed by atoms with Crippen LogP contribution in [0, 0.1) is 0 Å². The van der Waals surface area contributed by atoms with Gasteiger partial charge >= 0.3 is 240 Å². The van der Waals surface area contributed by atoms with Crippen molar-refractivity contribution in [3.05, 3.63) is 47.5 Å². The molecule has 6 nitrogen and oxygen atoms in total. The summed E-state index contributed by atoms with van der Waals surface area (Å²) >= 11 is 1.48.